The number of aromatic nitrogens is 4. The normalized spacial score (nSPS) is 28.1. The van der Waals surface area contributed by atoms with Crippen molar-refractivity contribution in [3.63, 3.8) is 0 Å². The second kappa shape index (κ2) is 9.63. The van der Waals surface area contributed by atoms with Gasteiger partial charge in [-0.25, -0.2) is 4.68 Å². The molecule has 0 amide bonds. The minimum Gasteiger partial charge on any atom is -0.497 e. The number of piperazine rings is 1. The largest absolute Gasteiger partial charge is 0.497 e. The summed E-state index contributed by atoms with van der Waals surface area (Å²) in [6, 6.07) is 9.47. The van der Waals surface area contributed by atoms with Crippen molar-refractivity contribution in [2.45, 2.75) is 63.3 Å². The van der Waals surface area contributed by atoms with Gasteiger partial charge in [0.05, 0.1) is 25.8 Å². The summed E-state index contributed by atoms with van der Waals surface area (Å²) >= 11 is 0. The number of hydrogen-bond acceptors (Lipinski definition) is 5. The summed E-state index contributed by atoms with van der Waals surface area (Å²) < 4.78 is 13.3. The van der Waals surface area contributed by atoms with Gasteiger partial charge in [0.25, 0.3) is 0 Å². The van der Waals surface area contributed by atoms with E-state index in [2.05, 4.69) is 39.8 Å². The van der Waals surface area contributed by atoms with E-state index in [1.165, 1.54) is 44.3 Å². The molecule has 2 N–H and O–H groups in total. The van der Waals surface area contributed by atoms with E-state index in [0.29, 0.717) is 0 Å². The summed E-state index contributed by atoms with van der Waals surface area (Å²) in [6.45, 7) is 6.35. The monoisotopic (exact) mass is 428 g/mol. The second-order valence-corrected chi connectivity index (χ2v) is 9.36. The van der Waals surface area contributed by atoms with E-state index in [1.54, 1.807) is 12.0 Å². The van der Waals surface area contributed by atoms with Crippen LogP contribution < -0.4 is 14.5 Å². The Morgan fingerprint density at radius 1 is 1.06 bits per heavy atom. The number of ether oxygens (including phenoxy) is 2. The number of tetrazole rings is 1. The fourth-order valence-corrected chi connectivity index (χ4v) is 5.82. The molecule has 1 aliphatic carbocycles. The lowest BCUT2D eigenvalue weighted by Crippen LogP contribution is -3.29. The minimum atomic E-state index is 0.132. The van der Waals surface area contributed by atoms with Crippen molar-refractivity contribution < 1.29 is 19.3 Å². The zero-order chi connectivity index (χ0) is 21.0. The Morgan fingerprint density at radius 3 is 2.52 bits per heavy atom. The molecule has 2 atom stereocenters. The van der Waals surface area contributed by atoms with Crippen LogP contribution in [0.1, 0.15) is 56.0 Å². The zero-order valence-electron chi connectivity index (χ0n) is 18.6. The average molecular weight is 429 g/mol. The van der Waals surface area contributed by atoms with E-state index in [1.807, 2.05) is 9.58 Å². The van der Waals surface area contributed by atoms with Crippen LogP contribution >= 0.6 is 0 Å². The molecular formula is C23H36N6O2+2. The van der Waals surface area contributed by atoms with E-state index in [4.69, 9.17) is 9.47 Å². The van der Waals surface area contributed by atoms with Crippen molar-refractivity contribution in [1.82, 2.24) is 20.2 Å². The number of quaternary nitrogens is 2. The fraction of sp³-hybridized carbons (Fsp3) is 0.696. The molecule has 3 fully saturated rings. The van der Waals surface area contributed by atoms with E-state index >= 15 is 0 Å². The smallest absolute Gasteiger partial charge is 0.214 e. The third-order valence-corrected chi connectivity index (χ3v) is 7.54. The van der Waals surface area contributed by atoms with Crippen molar-refractivity contribution >= 4 is 0 Å². The van der Waals surface area contributed by atoms with Gasteiger partial charge in [-0.1, -0.05) is 0 Å². The number of hydrogen-bond donors (Lipinski definition) is 2. The van der Waals surface area contributed by atoms with Gasteiger partial charge in [0.1, 0.15) is 31.9 Å². The molecular weight excluding hydrogens is 392 g/mol. The number of benzene rings is 1. The van der Waals surface area contributed by atoms with Crippen LogP contribution in [0.4, 0.5) is 0 Å². The first-order valence-corrected chi connectivity index (χ1v) is 12.0. The van der Waals surface area contributed by atoms with Crippen LogP contribution in [-0.4, -0.2) is 72.2 Å². The molecule has 3 aliphatic rings. The lowest BCUT2D eigenvalue weighted by molar-refractivity contribution is -1.03. The molecule has 8 nitrogen and oxygen atoms in total. The summed E-state index contributed by atoms with van der Waals surface area (Å²) in [4.78, 5) is 3.38. The van der Waals surface area contributed by atoms with E-state index in [9.17, 15) is 0 Å². The SMILES string of the molecule is COc1ccc([C@H](c2nnnn2C[C@H]2CCCO2)[NH+]2CC[NH+](C3CCCC3)CC2)cc1. The first-order chi connectivity index (χ1) is 15.3. The summed E-state index contributed by atoms with van der Waals surface area (Å²) in [5.41, 5.74) is 1.25. The molecule has 2 aromatic rings. The predicted molar refractivity (Wildman–Crippen MR) is 115 cm³/mol. The van der Waals surface area contributed by atoms with Gasteiger partial charge in [0, 0.05) is 12.2 Å². The number of methoxy groups -OCH3 is 1. The van der Waals surface area contributed by atoms with Crippen molar-refractivity contribution in [2.24, 2.45) is 0 Å². The molecule has 0 bridgehead atoms. The highest BCUT2D eigenvalue weighted by Gasteiger charge is 2.38. The molecule has 168 valence electrons. The Balaban J connectivity index is 1.38. The third kappa shape index (κ3) is 4.61. The van der Waals surface area contributed by atoms with Crippen molar-refractivity contribution in [3.05, 3.63) is 35.7 Å². The van der Waals surface area contributed by atoms with Crippen LogP contribution in [0.3, 0.4) is 0 Å². The van der Waals surface area contributed by atoms with Gasteiger partial charge in [-0.15, -0.1) is 5.10 Å². The fourth-order valence-electron chi connectivity index (χ4n) is 5.82. The maximum Gasteiger partial charge on any atom is 0.214 e. The number of nitrogens with one attached hydrogen (secondary N) is 2. The van der Waals surface area contributed by atoms with Crippen LogP contribution in [0.5, 0.6) is 5.75 Å². The zero-order valence-corrected chi connectivity index (χ0v) is 18.6. The van der Waals surface area contributed by atoms with Crippen LogP contribution in [0.25, 0.3) is 0 Å². The molecule has 8 heteroatoms. The van der Waals surface area contributed by atoms with Gasteiger partial charge in [0.2, 0.25) is 5.82 Å². The minimum absolute atomic E-state index is 0.132. The second-order valence-electron chi connectivity index (χ2n) is 9.36. The maximum atomic E-state index is 5.87. The highest BCUT2D eigenvalue weighted by molar-refractivity contribution is 5.30. The molecule has 2 aliphatic heterocycles. The molecule has 1 saturated carbocycles. The summed E-state index contributed by atoms with van der Waals surface area (Å²) in [7, 11) is 1.71. The van der Waals surface area contributed by atoms with Crippen LogP contribution in [0.2, 0.25) is 0 Å². The Hall–Kier alpha value is -2.03. The number of rotatable bonds is 7. The first-order valence-electron chi connectivity index (χ1n) is 12.0. The molecule has 5 rings (SSSR count). The van der Waals surface area contributed by atoms with Gasteiger partial charge in [0.15, 0.2) is 6.04 Å². The molecule has 0 unspecified atom stereocenters. The van der Waals surface area contributed by atoms with Crippen LogP contribution in [0.15, 0.2) is 24.3 Å². The highest BCUT2D eigenvalue weighted by Crippen LogP contribution is 2.22. The topological polar surface area (TPSA) is 70.9 Å². The average Bonchev–Trinajstić information content (AvgIpc) is 3.59. The molecule has 1 aromatic heterocycles. The Morgan fingerprint density at radius 2 is 1.84 bits per heavy atom. The summed E-state index contributed by atoms with van der Waals surface area (Å²) in [5, 5.41) is 13.0. The van der Waals surface area contributed by atoms with Crippen LogP contribution in [-0.2, 0) is 11.3 Å². The predicted octanol–water partition coefficient (Wildman–Crippen LogP) is -0.324. The quantitative estimate of drug-likeness (QED) is 0.632. The van der Waals surface area contributed by atoms with Crippen molar-refractivity contribution in [2.75, 3.05) is 39.9 Å². The van der Waals surface area contributed by atoms with E-state index < -0.39 is 0 Å². The molecule has 0 spiro atoms. The van der Waals surface area contributed by atoms with E-state index in [0.717, 1.165) is 56.7 Å². The molecule has 3 heterocycles. The first kappa shape index (κ1) is 20.8. The Kier molecular flexibility index (Phi) is 6.47. The van der Waals surface area contributed by atoms with Crippen molar-refractivity contribution in [1.29, 1.82) is 0 Å². The highest BCUT2D eigenvalue weighted by atomic mass is 16.5. The maximum absolute atomic E-state index is 5.87. The Bertz CT molecular complexity index is 821. The van der Waals surface area contributed by atoms with Gasteiger partial charge >= 0.3 is 0 Å². The lowest BCUT2D eigenvalue weighted by atomic mass is 10.0. The van der Waals surface area contributed by atoms with Gasteiger partial charge < -0.3 is 19.3 Å². The van der Waals surface area contributed by atoms with E-state index in [-0.39, 0.29) is 12.1 Å². The lowest BCUT2D eigenvalue weighted by Gasteiger charge is -2.36. The summed E-state index contributed by atoms with van der Waals surface area (Å²) in [5.74, 6) is 1.84. The number of nitrogens with zero attached hydrogens (tertiary/aromatic N) is 4. The molecule has 1 aromatic carbocycles. The van der Waals surface area contributed by atoms with Crippen LogP contribution in [0, 0.1) is 0 Å². The Labute approximate surface area is 184 Å². The standard InChI is InChI=1S/C23H34N6O2/c1-30-20-10-8-18(9-11-20)22(23-24-25-26-29(23)17-21-7-4-16-31-21)28-14-12-27(13-15-28)19-5-2-3-6-19/h8-11,19,21-22H,2-7,12-17H2,1H3/p+2/t21-,22-/m1/s1. The summed E-state index contributed by atoms with van der Waals surface area (Å²) in [6.07, 6.45) is 8.08. The van der Waals surface area contributed by atoms with Crippen molar-refractivity contribution in [3.8, 4) is 5.75 Å². The molecule has 31 heavy (non-hydrogen) atoms. The molecule has 2 saturated heterocycles. The molecule has 0 radical (unpaired) electrons. The third-order valence-electron chi connectivity index (χ3n) is 7.54. The van der Waals surface area contributed by atoms with Gasteiger partial charge in [-0.2, -0.15) is 0 Å². The van der Waals surface area contributed by atoms with Gasteiger partial charge in [-0.3, -0.25) is 0 Å². The van der Waals surface area contributed by atoms with Gasteiger partial charge in [-0.05, 0) is 73.2 Å².